The fraction of sp³-hybridized carbons (Fsp3) is 0.480. The Labute approximate surface area is 198 Å². The number of anilines is 1. The SMILES string of the molecule is CC1(Cn2cnc3ccc(C#N)cc32)CCCC(CN(C(=O)O)c2cnc(C(C)(C)O)cn2)C1. The van der Waals surface area contributed by atoms with E-state index in [9.17, 15) is 20.3 Å². The number of nitrogens with zero attached hydrogens (tertiary/aromatic N) is 6. The molecule has 2 atom stereocenters. The molecule has 0 radical (unpaired) electrons. The van der Waals surface area contributed by atoms with Gasteiger partial charge in [-0.3, -0.25) is 9.88 Å². The maximum Gasteiger partial charge on any atom is 0.413 e. The molecule has 0 bridgehead atoms. The molecule has 9 heteroatoms. The lowest BCUT2D eigenvalue weighted by molar-refractivity contribution is 0.0734. The number of fused-ring (bicyclic) bond motifs is 1. The first-order valence-corrected chi connectivity index (χ1v) is 11.5. The maximum atomic E-state index is 12.0. The second-order valence-corrected chi connectivity index (χ2v) is 10.2. The van der Waals surface area contributed by atoms with Gasteiger partial charge in [0, 0.05) is 13.1 Å². The Kier molecular flexibility index (Phi) is 6.28. The van der Waals surface area contributed by atoms with E-state index in [1.165, 1.54) is 17.3 Å². The molecule has 1 amide bonds. The van der Waals surface area contributed by atoms with E-state index in [2.05, 4.69) is 32.5 Å². The molecule has 9 nitrogen and oxygen atoms in total. The van der Waals surface area contributed by atoms with Crippen LogP contribution in [0.15, 0.2) is 36.9 Å². The summed E-state index contributed by atoms with van der Waals surface area (Å²) in [5.41, 5.74) is 1.63. The molecular weight excluding hydrogens is 432 g/mol. The van der Waals surface area contributed by atoms with E-state index >= 15 is 0 Å². The summed E-state index contributed by atoms with van der Waals surface area (Å²) in [6, 6.07) is 7.70. The third kappa shape index (κ3) is 5.02. The monoisotopic (exact) mass is 462 g/mol. The molecule has 0 spiro atoms. The Bertz CT molecular complexity index is 1220. The molecule has 4 rings (SSSR count). The first-order valence-electron chi connectivity index (χ1n) is 11.5. The Hall–Kier alpha value is -3.51. The van der Waals surface area contributed by atoms with Crippen molar-refractivity contribution in [2.75, 3.05) is 11.4 Å². The fourth-order valence-corrected chi connectivity index (χ4v) is 4.99. The standard InChI is InChI=1S/C25H30N6O3/c1-24(2,34)21-12-28-22(13-27-21)31(23(32)33)14-18-5-4-8-25(3,10-18)15-30-16-29-19-7-6-17(11-26)9-20(19)30/h6-7,9,12-13,16,18,34H,4-5,8,10,14-15H2,1-3H3,(H,32,33). The number of amides is 1. The summed E-state index contributed by atoms with van der Waals surface area (Å²) in [5, 5.41) is 29.2. The highest BCUT2D eigenvalue weighted by atomic mass is 16.4. The number of benzene rings is 1. The van der Waals surface area contributed by atoms with E-state index in [1.807, 2.05) is 18.5 Å². The van der Waals surface area contributed by atoms with Crippen LogP contribution in [0.4, 0.5) is 10.6 Å². The summed E-state index contributed by atoms with van der Waals surface area (Å²) < 4.78 is 2.11. The lowest BCUT2D eigenvalue weighted by atomic mass is 9.70. The van der Waals surface area contributed by atoms with Crippen LogP contribution < -0.4 is 4.90 Å². The number of carbonyl (C=O) groups is 1. The van der Waals surface area contributed by atoms with Crippen LogP contribution >= 0.6 is 0 Å². The van der Waals surface area contributed by atoms with Gasteiger partial charge in [-0.05, 0) is 62.6 Å². The summed E-state index contributed by atoms with van der Waals surface area (Å²) in [7, 11) is 0. The number of nitriles is 1. The quantitative estimate of drug-likeness (QED) is 0.559. The summed E-state index contributed by atoms with van der Waals surface area (Å²) >= 11 is 0. The van der Waals surface area contributed by atoms with Crippen LogP contribution in [0.25, 0.3) is 11.0 Å². The Morgan fingerprint density at radius 2 is 2.12 bits per heavy atom. The number of hydrogen-bond donors (Lipinski definition) is 2. The minimum absolute atomic E-state index is 0.0280. The van der Waals surface area contributed by atoms with Crippen LogP contribution in [-0.4, -0.2) is 42.4 Å². The average Bonchev–Trinajstić information content (AvgIpc) is 3.18. The van der Waals surface area contributed by atoms with Gasteiger partial charge in [0.2, 0.25) is 0 Å². The zero-order chi connectivity index (χ0) is 24.5. The van der Waals surface area contributed by atoms with Crippen molar-refractivity contribution in [3.63, 3.8) is 0 Å². The van der Waals surface area contributed by atoms with Gasteiger partial charge in [-0.15, -0.1) is 0 Å². The van der Waals surface area contributed by atoms with Crippen LogP contribution in [0.5, 0.6) is 0 Å². The van der Waals surface area contributed by atoms with Gasteiger partial charge in [0.15, 0.2) is 5.82 Å². The van der Waals surface area contributed by atoms with Gasteiger partial charge in [-0.25, -0.2) is 14.8 Å². The molecule has 34 heavy (non-hydrogen) atoms. The third-order valence-corrected chi connectivity index (χ3v) is 6.69. The van der Waals surface area contributed by atoms with Crippen LogP contribution in [0.1, 0.15) is 57.7 Å². The highest BCUT2D eigenvalue weighted by molar-refractivity contribution is 5.84. The van der Waals surface area contributed by atoms with Crippen LogP contribution in [0, 0.1) is 22.7 Å². The van der Waals surface area contributed by atoms with Crippen LogP contribution in [-0.2, 0) is 12.1 Å². The van der Waals surface area contributed by atoms with Crippen molar-refractivity contribution in [3.8, 4) is 6.07 Å². The molecule has 2 aromatic heterocycles. The fourth-order valence-electron chi connectivity index (χ4n) is 4.99. The van der Waals surface area contributed by atoms with E-state index in [4.69, 9.17) is 0 Å². The summed E-state index contributed by atoms with van der Waals surface area (Å²) in [6.07, 6.45) is 7.44. The first-order chi connectivity index (χ1) is 16.1. The van der Waals surface area contributed by atoms with Crippen molar-refractivity contribution in [1.82, 2.24) is 19.5 Å². The van der Waals surface area contributed by atoms with Gasteiger partial charge >= 0.3 is 6.09 Å². The number of hydrogen-bond acceptors (Lipinski definition) is 6. The predicted octanol–water partition coefficient (Wildman–Crippen LogP) is 4.31. The molecule has 2 unspecified atom stereocenters. The number of imidazole rings is 1. The van der Waals surface area contributed by atoms with Gasteiger partial charge < -0.3 is 14.8 Å². The molecule has 1 fully saturated rings. The first kappa shape index (κ1) is 23.6. The lowest BCUT2D eigenvalue weighted by Crippen LogP contribution is -2.39. The topological polar surface area (TPSA) is 128 Å². The van der Waals surface area contributed by atoms with E-state index in [0.717, 1.165) is 43.3 Å². The Morgan fingerprint density at radius 3 is 2.76 bits per heavy atom. The highest BCUT2D eigenvalue weighted by Gasteiger charge is 2.35. The molecular formula is C25H30N6O3. The van der Waals surface area contributed by atoms with Gasteiger partial charge in [-0.1, -0.05) is 13.3 Å². The summed E-state index contributed by atoms with van der Waals surface area (Å²) in [6.45, 7) is 6.55. The van der Waals surface area contributed by atoms with Gasteiger partial charge in [0.05, 0.1) is 47.1 Å². The van der Waals surface area contributed by atoms with Crippen molar-refractivity contribution in [3.05, 3.63) is 48.2 Å². The number of rotatable bonds is 6. The van der Waals surface area contributed by atoms with Gasteiger partial charge in [0.25, 0.3) is 0 Å². The van der Waals surface area contributed by atoms with Gasteiger partial charge in [0.1, 0.15) is 5.60 Å². The molecule has 0 saturated heterocycles. The van der Waals surface area contributed by atoms with Crippen molar-refractivity contribution >= 4 is 22.9 Å². The predicted molar refractivity (Wildman–Crippen MR) is 127 cm³/mol. The molecule has 3 aromatic rings. The summed E-state index contributed by atoms with van der Waals surface area (Å²) in [4.78, 5) is 26.3. The molecule has 1 saturated carbocycles. The maximum absolute atomic E-state index is 12.0. The molecule has 1 aromatic carbocycles. The van der Waals surface area contributed by atoms with Crippen molar-refractivity contribution in [2.24, 2.45) is 11.3 Å². The highest BCUT2D eigenvalue weighted by Crippen LogP contribution is 2.41. The Morgan fingerprint density at radius 1 is 1.32 bits per heavy atom. The van der Waals surface area contributed by atoms with E-state index in [1.54, 1.807) is 19.9 Å². The van der Waals surface area contributed by atoms with Crippen LogP contribution in [0.2, 0.25) is 0 Å². The second kappa shape index (κ2) is 9.03. The lowest BCUT2D eigenvalue weighted by Gasteiger charge is -2.39. The molecule has 1 aliphatic rings. The molecule has 1 aliphatic carbocycles. The smallest absolute Gasteiger partial charge is 0.413 e. The Balaban J connectivity index is 1.50. The summed E-state index contributed by atoms with van der Waals surface area (Å²) in [5.74, 6) is 0.437. The zero-order valence-electron chi connectivity index (χ0n) is 19.8. The molecule has 2 N–H and O–H groups in total. The number of carboxylic acid groups (broad SMARTS) is 1. The van der Waals surface area contributed by atoms with E-state index < -0.39 is 11.7 Å². The average molecular weight is 463 g/mol. The normalized spacial score (nSPS) is 20.7. The van der Waals surface area contributed by atoms with Crippen molar-refractivity contribution in [2.45, 2.75) is 58.6 Å². The third-order valence-electron chi connectivity index (χ3n) is 6.69. The molecule has 0 aliphatic heterocycles. The largest absolute Gasteiger partial charge is 0.465 e. The van der Waals surface area contributed by atoms with Crippen molar-refractivity contribution in [1.29, 1.82) is 5.26 Å². The van der Waals surface area contributed by atoms with Crippen molar-refractivity contribution < 1.29 is 15.0 Å². The van der Waals surface area contributed by atoms with E-state index in [-0.39, 0.29) is 17.2 Å². The zero-order valence-corrected chi connectivity index (χ0v) is 19.8. The minimum Gasteiger partial charge on any atom is -0.465 e. The number of aliphatic hydroxyl groups is 1. The number of aromatic nitrogens is 4. The van der Waals surface area contributed by atoms with Gasteiger partial charge in [-0.2, -0.15) is 5.26 Å². The molecule has 178 valence electrons. The molecule has 2 heterocycles. The minimum atomic E-state index is -1.14. The van der Waals surface area contributed by atoms with Crippen LogP contribution in [0.3, 0.4) is 0 Å². The van der Waals surface area contributed by atoms with E-state index in [0.29, 0.717) is 17.8 Å². The second-order valence-electron chi connectivity index (χ2n) is 10.2.